The number of rotatable bonds is 1. The van der Waals surface area contributed by atoms with Crippen molar-refractivity contribution >= 4 is 40.9 Å². The first-order valence-electron chi connectivity index (χ1n) is 1.18. The predicted molar refractivity (Wildman–Crippen MR) is 31.3 cm³/mol. The maximum absolute atomic E-state index is 5.20. The third kappa shape index (κ3) is 11.1. The second-order valence-electron chi connectivity index (χ2n) is 0.478. The van der Waals surface area contributed by atoms with Crippen molar-refractivity contribution in [1.29, 1.82) is 0 Å². The molecular weight excluding hydrogens is 170 g/mol. The molecule has 1 unspecified atom stereocenters. The summed E-state index contributed by atoms with van der Waals surface area (Å²) in [4.78, 5) is 0. The van der Waals surface area contributed by atoms with E-state index in [1.165, 1.54) is 0 Å². The van der Waals surface area contributed by atoms with Crippen molar-refractivity contribution in [3.63, 3.8) is 0 Å². The van der Waals surface area contributed by atoms with E-state index in [1.54, 1.807) is 16.9 Å². The van der Waals surface area contributed by atoms with Gasteiger partial charge in [-0.05, 0) is 0 Å². The Morgan fingerprint density at radius 2 is 1.80 bits per heavy atom. The van der Waals surface area contributed by atoms with E-state index in [1.807, 2.05) is 0 Å². The molecule has 34 valence electrons. The molecule has 0 fully saturated rings. The van der Waals surface area contributed by atoms with Crippen molar-refractivity contribution in [2.75, 3.05) is 5.88 Å². The molecule has 0 N–H and O–H groups in total. The molecule has 0 amide bonds. The minimum atomic E-state index is 0. The molecule has 0 bridgehead atoms. The number of hydrogen-bond donors (Lipinski definition) is 0. The van der Waals surface area contributed by atoms with Gasteiger partial charge in [0.2, 0.25) is 0 Å². The van der Waals surface area contributed by atoms with Crippen LogP contribution in [0.5, 0.6) is 0 Å². The molecule has 0 aromatic rings. The van der Waals surface area contributed by atoms with Crippen molar-refractivity contribution < 1.29 is 0 Å². The normalized spacial score (nSPS) is 6.00. The molecular formula is C2H7AsCl2. The zero-order chi connectivity index (χ0) is 3.41. The Kier molecular flexibility index (Phi) is 16.9. The fourth-order valence-corrected chi connectivity index (χ4v) is 0. The summed E-state index contributed by atoms with van der Waals surface area (Å²) >= 11 is 6.89. The minimum absolute atomic E-state index is 0. The first-order valence-corrected chi connectivity index (χ1v) is 3.42. The van der Waals surface area contributed by atoms with E-state index in [2.05, 4.69) is 0 Å². The van der Waals surface area contributed by atoms with Gasteiger partial charge in [0, 0.05) is 0 Å². The average molecular weight is 177 g/mol. The SMILES string of the molecule is Cl.ClCC[AsH2]. The van der Waals surface area contributed by atoms with Crippen LogP contribution in [-0.2, 0) is 0 Å². The van der Waals surface area contributed by atoms with Gasteiger partial charge in [-0.1, -0.05) is 0 Å². The Balaban J connectivity index is 0. The summed E-state index contributed by atoms with van der Waals surface area (Å²) in [6.07, 6.45) is 0. The molecule has 1 atom stereocenters. The van der Waals surface area contributed by atoms with Crippen molar-refractivity contribution in [3.05, 3.63) is 0 Å². The van der Waals surface area contributed by atoms with E-state index in [9.17, 15) is 0 Å². The zero-order valence-corrected chi connectivity index (χ0v) is 6.77. The quantitative estimate of drug-likeness (QED) is 0.408. The van der Waals surface area contributed by atoms with E-state index in [0.29, 0.717) is 0 Å². The summed E-state index contributed by atoms with van der Waals surface area (Å²) in [7, 11) is 0. The molecule has 0 saturated heterocycles. The van der Waals surface area contributed by atoms with Crippen LogP contribution in [0.2, 0.25) is 5.21 Å². The Hall–Kier alpha value is 1.14. The van der Waals surface area contributed by atoms with E-state index in [-0.39, 0.29) is 12.4 Å². The van der Waals surface area contributed by atoms with Crippen LogP contribution in [-0.4, -0.2) is 22.7 Å². The number of hydrogen-bond acceptors (Lipinski definition) is 0. The van der Waals surface area contributed by atoms with Crippen LogP contribution in [0.25, 0.3) is 0 Å². The van der Waals surface area contributed by atoms with Gasteiger partial charge >= 0.3 is 39.5 Å². The molecule has 0 radical (unpaired) electrons. The molecule has 0 spiro atoms. The first-order chi connectivity index (χ1) is 1.91. The Labute approximate surface area is 52.2 Å². The summed E-state index contributed by atoms with van der Waals surface area (Å²) in [5.74, 6) is 0.819. The second kappa shape index (κ2) is 8.93. The van der Waals surface area contributed by atoms with Crippen molar-refractivity contribution in [3.8, 4) is 0 Å². The van der Waals surface area contributed by atoms with Gasteiger partial charge in [0.1, 0.15) is 0 Å². The maximum atomic E-state index is 5.20. The number of alkyl halides is 1. The van der Waals surface area contributed by atoms with Gasteiger partial charge in [0.25, 0.3) is 0 Å². The van der Waals surface area contributed by atoms with Crippen LogP contribution in [0.1, 0.15) is 0 Å². The van der Waals surface area contributed by atoms with E-state index in [0.717, 1.165) is 11.1 Å². The summed E-state index contributed by atoms with van der Waals surface area (Å²) in [5, 5.41) is 1.15. The zero-order valence-electron chi connectivity index (χ0n) is 2.78. The standard InChI is InChI=1S/C2H6AsCl.ClH/c3-1-2-4;/h1-3H2;1H. The van der Waals surface area contributed by atoms with Gasteiger partial charge in [-0.25, -0.2) is 0 Å². The number of halogens is 2. The molecule has 0 heterocycles. The van der Waals surface area contributed by atoms with E-state index in [4.69, 9.17) is 11.6 Å². The Bertz CT molecular complexity index is 9.61. The van der Waals surface area contributed by atoms with Crippen LogP contribution in [0.15, 0.2) is 0 Å². The summed E-state index contributed by atoms with van der Waals surface area (Å²) in [6, 6.07) is 0. The molecule has 0 aliphatic heterocycles. The molecule has 0 aliphatic rings. The van der Waals surface area contributed by atoms with Crippen LogP contribution in [0.3, 0.4) is 0 Å². The molecule has 0 saturated carbocycles. The Morgan fingerprint density at radius 1 is 1.60 bits per heavy atom. The molecule has 0 aromatic heterocycles. The molecule has 0 nitrogen and oxygen atoms in total. The topological polar surface area (TPSA) is 0 Å². The van der Waals surface area contributed by atoms with E-state index < -0.39 is 0 Å². The predicted octanol–water partition coefficient (Wildman–Crippen LogP) is 0.698. The fourth-order valence-electron chi connectivity index (χ4n) is 0. The molecule has 0 aromatic carbocycles. The summed E-state index contributed by atoms with van der Waals surface area (Å²) < 4.78 is 0. The molecule has 0 rings (SSSR count). The van der Waals surface area contributed by atoms with Crippen molar-refractivity contribution in [1.82, 2.24) is 0 Å². The van der Waals surface area contributed by atoms with Gasteiger partial charge < -0.3 is 0 Å². The van der Waals surface area contributed by atoms with Crippen LogP contribution in [0, 0.1) is 0 Å². The third-order valence-electron chi connectivity index (χ3n) is 0.109. The average Bonchev–Trinajstić information content (AvgIpc) is 1.37. The van der Waals surface area contributed by atoms with E-state index >= 15 is 0 Å². The monoisotopic (exact) mass is 176 g/mol. The molecule has 3 heteroatoms. The van der Waals surface area contributed by atoms with Gasteiger partial charge in [-0.15, -0.1) is 12.4 Å². The Morgan fingerprint density at radius 3 is 1.80 bits per heavy atom. The second-order valence-corrected chi connectivity index (χ2v) is 2.07. The van der Waals surface area contributed by atoms with Crippen LogP contribution >= 0.6 is 24.0 Å². The van der Waals surface area contributed by atoms with Crippen LogP contribution < -0.4 is 0 Å². The molecule has 0 aliphatic carbocycles. The van der Waals surface area contributed by atoms with Gasteiger partial charge in [0.15, 0.2) is 0 Å². The van der Waals surface area contributed by atoms with Crippen LogP contribution in [0.4, 0.5) is 0 Å². The molecule has 5 heavy (non-hydrogen) atoms. The van der Waals surface area contributed by atoms with Gasteiger partial charge in [-0.3, -0.25) is 0 Å². The van der Waals surface area contributed by atoms with Gasteiger partial charge in [0.05, 0.1) is 0 Å². The third-order valence-corrected chi connectivity index (χ3v) is 1.70. The summed E-state index contributed by atoms with van der Waals surface area (Å²) in [6.45, 7) is 0. The fraction of sp³-hybridized carbons (Fsp3) is 1.00. The van der Waals surface area contributed by atoms with Gasteiger partial charge in [-0.2, -0.15) is 0 Å². The summed E-state index contributed by atoms with van der Waals surface area (Å²) in [5.41, 5.74) is 0. The first kappa shape index (κ1) is 9.46. The van der Waals surface area contributed by atoms with Crippen molar-refractivity contribution in [2.45, 2.75) is 5.21 Å². The van der Waals surface area contributed by atoms with Crippen molar-refractivity contribution in [2.24, 2.45) is 0 Å².